The molecule has 1 unspecified atom stereocenters. The highest BCUT2D eigenvalue weighted by atomic mass is 32.2. The Balaban J connectivity index is 2.04. The first-order valence-electron chi connectivity index (χ1n) is 8.55. The van der Waals surface area contributed by atoms with Gasteiger partial charge < -0.3 is 9.30 Å². The zero-order valence-corrected chi connectivity index (χ0v) is 15.9. The highest BCUT2D eigenvalue weighted by Crippen LogP contribution is 2.29. The van der Waals surface area contributed by atoms with Gasteiger partial charge in [0.05, 0.1) is 47.9 Å². The maximum absolute atomic E-state index is 13.2. The van der Waals surface area contributed by atoms with Crippen LogP contribution in [0.5, 0.6) is 0 Å². The van der Waals surface area contributed by atoms with Gasteiger partial charge in [-0.05, 0) is 30.7 Å². The van der Waals surface area contributed by atoms with Crippen LogP contribution in [0.25, 0.3) is 0 Å². The zero-order chi connectivity index (χ0) is 19.6. The van der Waals surface area contributed by atoms with E-state index in [4.69, 9.17) is 10.00 Å². The molecular weight excluding hydrogens is 368 g/mol. The summed E-state index contributed by atoms with van der Waals surface area (Å²) in [5.41, 5.74) is 1.86. The van der Waals surface area contributed by atoms with Crippen LogP contribution < -0.4 is 0 Å². The van der Waals surface area contributed by atoms with Crippen LogP contribution in [0.3, 0.4) is 0 Å². The number of sulfonamides is 1. The van der Waals surface area contributed by atoms with E-state index >= 15 is 0 Å². The van der Waals surface area contributed by atoms with E-state index in [0.717, 1.165) is 23.0 Å². The standard InChI is InChI=1S/C18H20N4O4S/c1-3-8-21-12-20-15-9-16(18(23)26-2)22(11-17(15)21)27(24,25)14-6-4-13(10-19)5-7-14/h4-7,12,16H,3,8-9,11H2,1-2H3. The summed E-state index contributed by atoms with van der Waals surface area (Å²) in [6.45, 7) is 2.78. The quantitative estimate of drug-likeness (QED) is 0.718. The molecule has 3 rings (SSSR count). The minimum atomic E-state index is -3.96. The maximum atomic E-state index is 13.2. The number of aromatic nitrogens is 2. The molecule has 1 aromatic heterocycles. The van der Waals surface area contributed by atoms with Crippen LogP contribution in [-0.2, 0) is 39.1 Å². The number of benzene rings is 1. The number of nitrogens with zero attached hydrogens (tertiary/aromatic N) is 4. The molecule has 1 atom stereocenters. The minimum Gasteiger partial charge on any atom is -0.468 e. The molecule has 0 spiro atoms. The molecular formula is C18H20N4O4S. The zero-order valence-electron chi connectivity index (χ0n) is 15.1. The smallest absolute Gasteiger partial charge is 0.324 e. The third-order valence-corrected chi connectivity index (χ3v) is 6.47. The van der Waals surface area contributed by atoms with Gasteiger partial charge in [-0.1, -0.05) is 6.92 Å². The second-order valence-electron chi connectivity index (χ2n) is 6.26. The first kappa shape index (κ1) is 19.1. The Morgan fingerprint density at radius 1 is 1.37 bits per heavy atom. The van der Waals surface area contributed by atoms with Gasteiger partial charge in [0, 0.05) is 13.0 Å². The predicted octanol–water partition coefficient (Wildman–Crippen LogP) is 1.45. The molecule has 0 bridgehead atoms. The van der Waals surface area contributed by atoms with E-state index in [1.165, 1.54) is 31.4 Å². The Hall–Kier alpha value is -2.70. The van der Waals surface area contributed by atoms with Crippen LogP contribution in [0.15, 0.2) is 35.5 Å². The molecule has 8 nitrogen and oxygen atoms in total. The van der Waals surface area contributed by atoms with E-state index in [9.17, 15) is 13.2 Å². The topological polar surface area (TPSA) is 105 Å². The Bertz CT molecular complexity index is 989. The molecule has 2 aromatic rings. The van der Waals surface area contributed by atoms with Gasteiger partial charge in [-0.15, -0.1) is 0 Å². The van der Waals surface area contributed by atoms with Crippen molar-refractivity contribution < 1.29 is 17.9 Å². The van der Waals surface area contributed by atoms with Crippen LogP contribution in [0.1, 0.15) is 30.3 Å². The molecule has 0 saturated carbocycles. The van der Waals surface area contributed by atoms with Crippen molar-refractivity contribution in [1.82, 2.24) is 13.9 Å². The van der Waals surface area contributed by atoms with Gasteiger partial charge in [-0.2, -0.15) is 9.57 Å². The summed E-state index contributed by atoms with van der Waals surface area (Å²) in [7, 11) is -2.73. The molecule has 142 valence electrons. The highest BCUT2D eigenvalue weighted by molar-refractivity contribution is 7.89. The summed E-state index contributed by atoms with van der Waals surface area (Å²) in [5.74, 6) is -0.622. The van der Waals surface area contributed by atoms with E-state index in [-0.39, 0.29) is 17.9 Å². The van der Waals surface area contributed by atoms with Crippen LogP contribution in [0.4, 0.5) is 0 Å². The van der Waals surface area contributed by atoms with Crippen molar-refractivity contribution in [3.63, 3.8) is 0 Å². The van der Waals surface area contributed by atoms with Crippen molar-refractivity contribution in [3.8, 4) is 6.07 Å². The van der Waals surface area contributed by atoms with Gasteiger partial charge in [-0.3, -0.25) is 4.79 Å². The van der Waals surface area contributed by atoms with Crippen LogP contribution in [-0.4, -0.2) is 41.4 Å². The number of rotatable bonds is 5. The molecule has 0 aliphatic carbocycles. The number of aryl methyl sites for hydroxylation is 1. The summed E-state index contributed by atoms with van der Waals surface area (Å²) in [4.78, 5) is 16.7. The molecule has 0 N–H and O–H groups in total. The van der Waals surface area contributed by atoms with Crippen LogP contribution in [0, 0.1) is 11.3 Å². The molecule has 9 heteroatoms. The summed E-state index contributed by atoms with van der Waals surface area (Å²) in [6, 6.07) is 6.61. The first-order chi connectivity index (χ1) is 12.9. The highest BCUT2D eigenvalue weighted by Gasteiger charge is 2.42. The van der Waals surface area contributed by atoms with Gasteiger partial charge in [0.25, 0.3) is 0 Å². The van der Waals surface area contributed by atoms with E-state index in [1.807, 2.05) is 17.6 Å². The van der Waals surface area contributed by atoms with E-state index < -0.39 is 22.0 Å². The third-order valence-electron chi connectivity index (χ3n) is 4.60. The molecule has 2 heterocycles. The first-order valence-corrected chi connectivity index (χ1v) is 9.99. The summed E-state index contributed by atoms with van der Waals surface area (Å²) in [6.07, 6.45) is 2.72. The lowest BCUT2D eigenvalue weighted by atomic mass is 10.1. The van der Waals surface area contributed by atoms with Crippen molar-refractivity contribution in [3.05, 3.63) is 47.5 Å². The Kier molecular flexibility index (Phi) is 5.30. The average molecular weight is 388 g/mol. The lowest BCUT2D eigenvalue weighted by Crippen LogP contribution is -2.49. The average Bonchev–Trinajstić information content (AvgIpc) is 3.08. The number of fused-ring (bicyclic) bond motifs is 1. The third kappa shape index (κ3) is 3.46. The summed E-state index contributed by atoms with van der Waals surface area (Å²) in [5, 5.41) is 8.91. The number of nitriles is 1. The number of hydrogen-bond acceptors (Lipinski definition) is 6. The number of esters is 1. The summed E-state index contributed by atoms with van der Waals surface area (Å²) >= 11 is 0. The predicted molar refractivity (Wildman–Crippen MR) is 95.9 cm³/mol. The molecule has 0 amide bonds. The van der Waals surface area contributed by atoms with E-state index in [1.54, 1.807) is 6.33 Å². The second-order valence-corrected chi connectivity index (χ2v) is 8.15. The summed E-state index contributed by atoms with van der Waals surface area (Å²) < 4.78 is 34.4. The van der Waals surface area contributed by atoms with Gasteiger partial charge in [-0.25, -0.2) is 13.4 Å². The number of carbonyl (C=O) groups is 1. The fourth-order valence-corrected chi connectivity index (χ4v) is 4.74. The molecule has 1 aliphatic rings. The van der Waals surface area contributed by atoms with E-state index in [0.29, 0.717) is 11.3 Å². The molecule has 0 radical (unpaired) electrons. The lowest BCUT2D eigenvalue weighted by molar-refractivity contribution is -0.145. The van der Waals surface area contributed by atoms with Crippen molar-refractivity contribution >= 4 is 16.0 Å². The fourth-order valence-electron chi connectivity index (χ4n) is 3.20. The Morgan fingerprint density at radius 3 is 2.67 bits per heavy atom. The Labute approximate surface area is 158 Å². The lowest BCUT2D eigenvalue weighted by Gasteiger charge is -2.33. The van der Waals surface area contributed by atoms with Crippen molar-refractivity contribution in [2.24, 2.45) is 0 Å². The van der Waals surface area contributed by atoms with Crippen molar-refractivity contribution in [1.29, 1.82) is 5.26 Å². The van der Waals surface area contributed by atoms with Gasteiger partial charge in [0.15, 0.2) is 0 Å². The van der Waals surface area contributed by atoms with Gasteiger partial charge in [0.2, 0.25) is 10.0 Å². The van der Waals surface area contributed by atoms with Gasteiger partial charge in [0.1, 0.15) is 6.04 Å². The number of hydrogen-bond donors (Lipinski definition) is 0. The molecule has 27 heavy (non-hydrogen) atoms. The normalized spacial score (nSPS) is 17.1. The van der Waals surface area contributed by atoms with Crippen molar-refractivity contribution in [2.45, 2.75) is 43.8 Å². The largest absolute Gasteiger partial charge is 0.468 e. The molecule has 1 aliphatic heterocycles. The monoisotopic (exact) mass is 388 g/mol. The van der Waals surface area contributed by atoms with Gasteiger partial charge >= 0.3 is 5.97 Å². The molecule has 1 aromatic carbocycles. The van der Waals surface area contributed by atoms with E-state index in [2.05, 4.69) is 4.98 Å². The van der Waals surface area contributed by atoms with Crippen LogP contribution >= 0.6 is 0 Å². The maximum Gasteiger partial charge on any atom is 0.324 e. The second kappa shape index (κ2) is 7.50. The fraction of sp³-hybridized carbons (Fsp3) is 0.389. The SMILES string of the molecule is CCCn1cnc2c1CN(S(=O)(=O)c1ccc(C#N)cc1)C(C(=O)OC)C2. The number of carbonyl (C=O) groups excluding carboxylic acids is 1. The van der Waals surface area contributed by atoms with Crippen molar-refractivity contribution in [2.75, 3.05) is 7.11 Å². The number of ether oxygens (including phenoxy) is 1. The number of methoxy groups -OCH3 is 1. The molecule has 0 fully saturated rings. The Morgan fingerprint density at radius 2 is 2.07 bits per heavy atom. The molecule has 0 saturated heterocycles. The minimum absolute atomic E-state index is 0.0282. The number of imidazole rings is 1. The van der Waals surface area contributed by atoms with Crippen LogP contribution in [0.2, 0.25) is 0 Å².